The normalized spacial score (nSPS) is 17.8. The lowest BCUT2D eigenvalue weighted by molar-refractivity contribution is -0.125. The van der Waals surface area contributed by atoms with Gasteiger partial charge in [0.15, 0.2) is 0 Å². The minimum Gasteiger partial charge on any atom is -0.349 e. The van der Waals surface area contributed by atoms with Crippen molar-refractivity contribution in [2.75, 3.05) is 18.1 Å². The Morgan fingerprint density at radius 1 is 1.36 bits per heavy atom. The van der Waals surface area contributed by atoms with Crippen molar-refractivity contribution in [2.24, 2.45) is 5.92 Å². The number of carbonyl (C=O) groups excluding carboxylic acids is 2. The summed E-state index contributed by atoms with van der Waals surface area (Å²) in [5.41, 5.74) is 0. The highest BCUT2D eigenvalue weighted by Gasteiger charge is 2.16. The standard InChI is InChI=1S/C10H17NO2S/c1-8(12)7-11-10(13)6-9-2-4-14-5-3-9/h9H,2-7H2,1H3,(H,11,13). The van der Waals surface area contributed by atoms with E-state index in [0.717, 1.165) is 12.8 Å². The van der Waals surface area contributed by atoms with Crippen LogP contribution in [0.2, 0.25) is 0 Å². The Morgan fingerprint density at radius 3 is 2.57 bits per heavy atom. The van der Waals surface area contributed by atoms with E-state index in [0.29, 0.717) is 12.3 Å². The van der Waals surface area contributed by atoms with Crippen molar-refractivity contribution in [1.29, 1.82) is 0 Å². The molecule has 3 nitrogen and oxygen atoms in total. The Balaban J connectivity index is 2.15. The second kappa shape index (κ2) is 6.06. The Bertz CT molecular complexity index is 212. The van der Waals surface area contributed by atoms with Crippen LogP contribution < -0.4 is 5.32 Å². The number of ketones is 1. The predicted octanol–water partition coefficient (Wildman–Crippen LogP) is 1.22. The van der Waals surface area contributed by atoms with Crippen LogP contribution in [0.1, 0.15) is 26.2 Å². The molecule has 1 N–H and O–H groups in total. The number of Topliss-reactive ketones (excluding diaryl/α,β-unsaturated/α-hetero) is 1. The highest BCUT2D eigenvalue weighted by molar-refractivity contribution is 7.99. The summed E-state index contributed by atoms with van der Waals surface area (Å²) in [7, 11) is 0. The van der Waals surface area contributed by atoms with Gasteiger partial charge in [-0.25, -0.2) is 0 Å². The lowest BCUT2D eigenvalue weighted by atomic mass is 9.98. The molecule has 1 amide bonds. The molecule has 0 unspecified atom stereocenters. The van der Waals surface area contributed by atoms with Crippen LogP contribution in [-0.4, -0.2) is 29.7 Å². The molecule has 0 spiro atoms. The average molecular weight is 215 g/mol. The van der Waals surface area contributed by atoms with Crippen molar-refractivity contribution in [2.45, 2.75) is 26.2 Å². The molecule has 1 heterocycles. The van der Waals surface area contributed by atoms with Gasteiger partial charge >= 0.3 is 0 Å². The van der Waals surface area contributed by atoms with E-state index in [2.05, 4.69) is 5.32 Å². The molecule has 0 atom stereocenters. The van der Waals surface area contributed by atoms with E-state index < -0.39 is 0 Å². The first-order chi connectivity index (χ1) is 6.68. The molecule has 1 rings (SSSR count). The van der Waals surface area contributed by atoms with Gasteiger partial charge in [-0.2, -0.15) is 11.8 Å². The topological polar surface area (TPSA) is 46.2 Å². The van der Waals surface area contributed by atoms with E-state index in [1.165, 1.54) is 18.4 Å². The molecule has 1 aliphatic rings. The summed E-state index contributed by atoms with van der Waals surface area (Å²) in [6.45, 7) is 1.66. The van der Waals surface area contributed by atoms with E-state index in [1.54, 1.807) is 0 Å². The quantitative estimate of drug-likeness (QED) is 0.767. The highest BCUT2D eigenvalue weighted by Crippen LogP contribution is 2.24. The minimum atomic E-state index is 0.0116. The van der Waals surface area contributed by atoms with E-state index in [9.17, 15) is 9.59 Å². The molecule has 0 bridgehead atoms. The van der Waals surface area contributed by atoms with E-state index in [1.807, 2.05) is 11.8 Å². The number of nitrogens with one attached hydrogen (secondary N) is 1. The summed E-state index contributed by atoms with van der Waals surface area (Å²) < 4.78 is 0. The van der Waals surface area contributed by atoms with Crippen LogP contribution in [0.5, 0.6) is 0 Å². The average Bonchev–Trinajstić information content (AvgIpc) is 2.16. The third-order valence-corrected chi connectivity index (χ3v) is 3.40. The smallest absolute Gasteiger partial charge is 0.220 e. The molecule has 0 aromatic rings. The van der Waals surface area contributed by atoms with Gasteiger partial charge in [0, 0.05) is 6.42 Å². The summed E-state index contributed by atoms with van der Waals surface area (Å²) in [4.78, 5) is 22.0. The fraction of sp³-hybridized carbons (Fsp3) is 0.800. The molecule has 80 valence electrons. The van der Waals surface area contributed by atoms with Gasteiger partial charge in [-0.05, 0) is 37.2 Å². The van der Waals surface area contributed by atoms with Gasteiger partial charge in [0.1, 0.15) is 5.78 Å². The summed E-state index contributed by atoms with van der Waals surface area (Å²) in [6.07, 6.45) is 2.87. The minimum absolute atomic E-state index is 0.0116. The lowest BCUT2D eigenvalue weighted by Crippen LogP contribution is -2.30. The zero-order valence-electron chi connectivity index (χ0n) is 8.54. The van der Waals surface area contributed by atoms with Crippen LogP contribution in [0.15, 0.2) is 0 Å². The number of amides is 1. The molecule has 1 aliphatic heterocycles. The molecule has 0 saturated carbocycles. The number of hydrogen-bond donors (Lipinski definition) is 1. The van der Waals surface area contributed by atoms with Crippen molar-refractivity contribution in [3.8, 4) is 0 Å². The Morgan fingerprint density at radius 2 is 2.00 bits per heavy atom. The van der Waals surface area contributed by atoms with E-state index in [-0.39, 0.29) is 18.2 Å². The van der Waals surface area contributed by atoms with Gasteiger partial charge in [0.05, 0.1) is 6.54 Å². The molecule has 14 heavy (non-hydrogen) atoms. The monoisotopic (exact) mass is 215 g/mol. The second-order valence-corrected chi connectivity index (χ2v) is 4.96. The van der Waals surface area contributed by atoms with Crippen LogP contribution in [0.25, 0.3) is 0 Å². The molecule has 4 heteroatoms. The molecule has 1 saturated heterocycles. The summed E-state index contributed by atoms with van der Waals surface area (Å²) in [6, 6.07) is 0. The highest BCUT2D eigenvalue weighted by atomic mass is 32.2. The van der Waals surface area contributed by atoms with Crippen LogP contribution in [0.3, 0.4) is 0 Å². The Kier molecular flexibility index (Phi) is 5.01. The summed E-state index contributed by atoms with van der Waals surface area (Å²) >= 11 is 1.96. The number of hydrogen-bond acceptors (Lipinski definition) is 3. The molecule has 1 fully saturated rings. The van der Waals surface area contributed by atoms with Crippen LogP contribution >= 0.6 is 11.8 Å². The third-order valence-electron chi connectivity index (χ3n) is 2.35. The van der Waals surface area contributed by atoms with Gasteiger partial charge < -0.3 is 5.32 Å². The van der Waals surface area contributed by atoms with Crippen molar-refractivity contribution in [3.05, 3.63) is 0 Å². The first kappa shape index (κ1) is 11.6. The number of thioether (sulfide) groups is 1. The Labute approximate surface area is 89.0 Å². The summed E-state index contributed by atoms with van der Waals surface area (Å²) in [5, 5.41) is 2.63. The maximum absolute atomic E-state index is 11.3. The number of rotatable bonds is 4. The van der Waals surface area contributed by atoms with Gasteiger partial charge in [0.25, 0.3) is 0 Å². The predicted molar refractivity (Wildman–Crippen MR) is 58.4 cm³/mol. The van der Waals surface area contributed by atoms with Gasteiger partial charge in [0.2, 0.25) is 5.91 Å². The van der Waals surface area contributed by atoms with Crippen molar-refractivity contribution < 1.29 is 9.59 Å². The van der Waals surface area contributed by atoms with Crippen LogP contribution in [0.4, 0.5) is 0 Å². The second-order valence-electron chi connectivity index (χ2n) is 3.74. The maximum Gasteiger partial charge on any atom is 0.220 e. The SMILES string of the molecule is CC(=O)CNC(=O)CC1CCSCC1. The molecular formula is C10H17NO2S. The fourth-order valence-electron chi connectivity index (χ4n) is 1.51. The van der Waals surface area contributed by atoms with Crippen LogP contribution in [-0.2, 0) is 9.59 Å². The first-order valence-corrected chi connectivity index (χ1v) is 6.18. The molecule has 0 aromatic carbocycles. The maximum atomic E-state index is 11.3. The fourth-order valence-corrected chi connectivity index (χ4v) is 2.71. The van der Waals surface area contributed by atoms with Crippen molar-refractivity contribution >= 4 is 23.5 Å². The van der Waals surface area contributed by atoms with Gasteiger partial charge in [-0.15, -0.1) is 0 Å². The molecule has 0 radical (unpaired) electrons. The van der Waals surface area contributed by atoms with Gasteiger partial charge in [-0.3, -0.25) is 9.59 Å². The molecular weight excluding hydrogens is 198 g/mol. The Hall–Kier alpha value is -0.510. The third kappa shape index (κ3) is 4.65. The van der Waals surface area contributed by atoms with Gasteiger partial charge in [-0.1, -0.05) is 0 Å². The molecule has 0 aromatic heterocycles. The zero-order chi connectivity index (χ0) is 10.4. The first-order valence-electron chi connectivity index (χ1n) is 5.02. The van der Waals surface area contributed by atoms with Crippen molar-refractivity contribution in [3.63, 3.8) is 0 Å². The van der Waals surface area contributed by atoms with E-state index >= 15 is 0 Å². The van der Waals surface area contributed by atoms with E-state index in [4.69, 9.17) is 0 Å². The molecule has 0 aliphatic carbocycles. The largest absolute Gasteiger partial charge is 0.349 e. The lowest BCUT2D eigenvalue weighted by Gasteiger charge is -2.20. The number of carbonyl (C=O) groups is 2. The van der Waals surface area contributed by atoms with Crippen molar-refractivity contribution in [1.82, 2.24) is 5.32 Å². The summed E-state index contributed by atoms with van der Waals surface area (Å²) in [5.74, 6) is 2.91. The van der Waals surface area contributed by atoms with Crippen LogP contribution in [0, 0.1) is 5.92 Å². The zero-order valence-corrected chi connectivity index (χ0v) is 9.36.